The Balaban J connectivity index is 1.67. The molecule has 0 aliphatic carbocycles. The molecule has 0 spiro atoms. The number of rotatable bonds is 5. The lowest BCUT2D eigenvalue weighted by Gasteiger charge is -2.23. The minimum atomic E-state index is -1.22. The Morgan fingerprint density at radius 2 is 2.20 bits per heavy atom. The zero-order chi connectivity index (χ0) is 18.0. The van der Waals surface area contributed by atoms with Crippen molar-refractivity contribution in [3.63, 3.8) is 0 Å². The van der Waals surface area contributed by atoms with E-state index in [1.165, 1.54) is 6.20 Å². The van der Waals surface area contributed by atoms with Crippen molar-refractivity contribution in [1.82, 2.24) is 19.9 Å². The number of hydrogen-bond acceptors (Lipinski definition) is 5. The first-order valence-electron chi connectivity index (χ1n) is 7.89. The van der Waals surface area contributed by atoms with Gasteiger partial charge in [0.25, 0.3) is 5.91 Å². The fourth-order valence-corrected chi connectivity index (χ4v) is 2.68. The molecule has 0 aliphatic heterocycles. The van der Waals surface area contributed by atoms with Gasteiger partial charge in [-0.3, -0.25) is 9.36 Å². The summed E-state index contributed by atoms with van der Waals surface area (Å²) in [5, 5.41) is 13.4. The Morgan fingerprint density at radius 3 is 2.76 bits per heavy atom. The van der Waals surface area contributed by atoms with Gasteiger partial charge in [-0.15, -0.1) is 0 Å². The molecule has 3 aromatic rings. The standard InChI is InChI=1S/C18H20N4O3/c1-12-8-15(13(2)25-12)18(3,24)10-21-17(23)14-4-5-16(20-9-14)22-7-6-19-11-22/h4-9,11,24H,10H2,1-3H3,(H,21,23). The Bertz CT molecular complexity index is 864. The minimum Gasteiger partial charge on any atom is -0.466 e. The van der Waals surface area contributed by atoms with Crippen LogP contribution in [0.1, 0.15) is 34.4 Å². The van der Waals surface area contributed by atoms with Crippen LogP contribution in [0, 0.1) is 13.8 Å². The summed E-state index contributed by atoms with van der Waals surface area (Å²) in [5.41, 5.74) is -0.138. The van der Waals surface area contributed by atoms with Crippen LogP contribution in [0.25, 0.3) is 5.82 Å². The fourth-order valence-electron chi connectivity index (χ4n) is 2.68. The number of carbonyl (C=O) groups excluding carboxylic acids is 1. The van der Waals surface area contributed by atoms with Gasteiger partial charge in [-0.2, -0.15) is 0 Å². The molecular formula is C18H20N4O3. The zero-order valence-electron chi connectivity index (χ0n) is 14.4. The topological polar surface area (TPSA) is 93.2 Å². The van der Waals surface area contributed by atoms with Crippen molar-refractivity contribution >= 4 is 5.91 Å². The van der Waals surface area contributed by atoms with Crippen LogP contribution in [0.4, 0.5) is 0 Å². The van der Waals surface area contributed by atoms with Gasteiger partial charge in [-0.05, 0) is 39.0 Å². The van der Waals surface area contributed by atoms with Crippen molar-refractivity contribution in [2.45, 2.75) is 26.4 Å². The highest BCUT2D eigenvalue weighted by Crippen LogP contribution is 2.26. The second-order valence-corrected chi connectivity index (χ2v) is 6.16. The van der Waals surface area contributed by atoms with E-state index in [2.05, 4.69) is 15.3 Å². The molecule has 0 bridgehead atoms. The summed E-state index contributed by atoms with van der Waals surface area (Å²) < 4.78 is 7.20. The number of nitrogens with zero attached hydrogens (tertiary/aromatic N) is 3. The molecule has 7 heteroatoms. The van der Waals surface area contributed by atoms with Gasteiger partial charge in [-0.1, -0.05) is 0 Å². The highest BCUT2D eigenvalue weighted by Gasteiger charge is 2.28. The molecule has 3 rings (SSSR count). The number of imidazole rings is 1. The molecule has 130 valence electrons. The van der Waals surface area contributed by atoms with Crippen LogP contribution in [0.2, 0.25) is 0 Å². The highest BCUT2D eigenvalue weighted by molar-refractivity contribution is 5.94. The van der Waals surface area contributed by atoms with E-state index >= 15 is 0 Å². The lowest BCUT2D eigenvalue weighted by Crippen LogP contribution is -2.38. The third-order valence-corrected chi connectivity index (χ3v) is 3.99. The molecule has 2 N–H and O–H groups in total. The first-order valence-corrected chi connectivity index (χ1v) is 7.89. The quantitative estimate of drug-likeness (QED) is 0.742. The minimum absolute atomic E-state index is 0.0644. The molecule has 1 unspecified atom stereocenters. The van der Waals surface area contributed by atoms with Crippen molar-refractivity contribution in [3.8, 4) is 5.82 Å². The van der Waals surface area contributed by atoms with Crippen molar-refractivity contribution in [1.29, 1.82) is 0 Å². The van der Waals surface area contributed by atoms with E-state index in [0.29, 0.717) is 22.7 Å². The molecule has 3 aromatic heterocycles. The predicted molar refractivity (Wildman–Crippen MR) is 91.4 cm³/mol. The van der Waals surface area contributed by atoms with Gasteiger partial charge >= 0.3 is 0 Å². The van der Waals surface area contributed by atoms with Gasteiger partial charge in [0, 0.05) is 24.2 Å². The molecule has 0 saturated carbocycles. The summed E-state index contributed by atoms with van der Waals surface area (Å²) in [5.74, 6) is 1.73. The first-order chi connectivity index (χ1) is 11.9. The van der Waals surface area contributed by atoms with E-state index in [4.69, 9.17) is 4.42 Å². The highest BCUT2D eigenvalue weighted by atomic mass is 16.3. The van der Waals surface area contributed by atoms with Gasteiger partial charge in [0.2, 0.25) is 0 Å². The smallest absolute Gasteiger partial charge is 0.252 e. The number of hydrogen-bond donors (Lipinski definition) is 2. The van der Waals surface area contributed by atoms with E-state index in [0.717, 1.165) is 5.76 Å². The molecule has 0 aromatic carbocycles. The van der Waals surface area contributed by atoms with Gasteiger partial charge in [0.05, 0.1) is 12.1 Å². The predicted octanol–water partition coefficient (Wildman–Crippen LogP) is 2.11. The van der Waals surface area contributed by atoms with Crippen LogP contribution >= 0.6 is 0 Å². The molecule has 25 heavy (non-hydrogen) atoms. The average Bonchev–Trinajstić information content (AvgIpc) is 3.23. The van der Waals surface area contributed by atoms with Gasteiger partial charge in [0.1, 0.15) is 29.3 Å². The second kappa shape index (κ2) is 6.52. The molecule has 3 heterocycles. The molecule has 0 saturated heterocycles. The van der Waals surface area contributed by atoms with E-state index in [-0.39, 0.29) is 12.5 Å². The Hall–Kier alpha value is -2.93. The number of amides is 1. The number of furan rings is 1. The number of carbonyl (C=O) groups is 1. The molecule has 0 fully saturated rings. The maximum Gasteiger partial charge on any atom is 0.252 e. The van der Waals surface area contributed by atoms with Crippen LogP contribution < -0.4 is 5.32 Å². The largest absolute Gasteiger partial charge is 0.466 e. The Morgan fingerprint density at radius 1 is 1.40 bits per heavy atom. The molecule has 0 radical (unpaired) electrons. The normalized spacial score (nSPS) is 13.4. The van der Waals surface area contributed by atoms with E-state index in [9.17, 15) is 9.90 Å². The Labute approximate surface area is 145 Å². The molecule has 0 aliphatic rings. The summed E-state index contributed by atoms with van der Waals surface area (Å²) in [6.07, 6.45) is 6.56. The molecular weight excluding hydrogens is 320 g/mol. The van der Waals surface area contributed by atoms with Crippen LogP contribution in [0.5, 0.6) is 0 Å². The van der Waals surface area contributed by atoms with Crippen molar-refractivity contribution in [2.24, 2.45) is 0 Å². The van der Waals surface area contributed by atoms with Crippen LogP contribution in [-0.4, -0.2) is 32.1 Å². The summed E-state index contributed by atoms with van der Waals surface area (Å²) in [7, 11) is 0. The van der Waals surface area contributed by atoms with E-state index in [1.54, 1.807) is 55.3 Å². The third-order valence-electron chi connectivity index (χ3n) is 3.99. The maximum atomic E-state index is 12.3. The lowest BCUT2D eigenvalue weighted by atomic mass is 9.96. The average molecular weight is 340 g/mol. The summed E-state index contributed by atoms with van der Waals surface area (Å²) >= 11 is 0. The van der Waals surface area contributed by atoms with E-state index in [1.807, 2.05) is 6.92 Å². The molecule has 1 amide bonds. The second-order valence-electron chi connectivity index (χ2n) is 6.16. The van der Waals surface area contributed by atoms with Crippen molar-refractivity contribution < 1.29 is 14.3 Å². The third kappa shape index (κ3) is 3.61. The van der Waals surface area contributed by atoms with Crippen LogP contribution in [0.15, 0.2) is 47.5 Å². The van der Waals surface area contributed by atoms with Crippen LogP contribution in [0.3, 0.4) is 0 Å². The number of aliphatic hydroxyl groups is 1. The number of pyridine rings is 1. The zero-order valence-corrected chi connectivity index (χ0v) is 14.4. The van der Waals surface area contributed by atoms with Crippen LogP contribution in [-0.2, 0) is 5.60 Å². The van der Waals surface area contributed by atoms with E-state index < -0.39 is 5.60 Å². The number of aryl methyl sites for hydroxylation is 2. The molecule has 1 atom stereocenters. The van der Waals surface area contributed by atoms with Crippen molar-refractivity contribution in [3.05, 3.63) is 65.8 Å². The summed E-state index contributed by atoms with van der Waals surface area (Å²) in [6, 6.07) is 5.20. The number of nitrogens with one attached hydrogen (secondary N) is 1. The molecule has 7 nitrogen and oxygen atoms in total. The SMILES string of the molecule is Cc1cc(C(C)(O)CNC(=O)c2ccc(-n3ccnc3)nc2)c(C)o1. The Kier molecular flexibility index (Phi) is 4.41. The maximum absolute atomic E-state index is 12.3. The fraction of sp³-hybridized carbons (Fsp3) is 0.278. The van der Waals surface area contributed by atoms with Crippen molar-refractivity contribution in [2.75, 3.05) is 6.54 Å². The monoisotopic (exact) mass is 340 g/mol. The lowest BCUT2D eigenvalue weighted by molar-refractivity contribution is 0.0514. The first kappa shape index (κ1) is 16.9. The van der Waals surface area contributed by atoms with Gasteiger partial charge in [-0.25, -0.2) is 9.97 Å². The van der Waals surface area contributed by atoms with Gasteiger partial charge in [0.15, 0.2) is 0 Å². The van der Waals surface area contributed by atoms with Gasteiger partial charge < -0.3 is 14.8 Å². The summed E-state index contributed by atoms with van der Waals surface area (Å²) in [6.45, 7) is 5.32. The summed E-state index contributed by atoms with van der Waals surface area (Å²) in [4.78, 5) is 20.5. The number of aromatic nitrogens is 3.